The molecule has 172 valence electrons. The molecule has 0 bridgehead atoms. The number of carbonyl (C=O) groups is 1. The third-order valence-electron chi connectivity index (χ3n) is 6.32. The summed E-state index contributed by atoms with van der Waals surface area (Å²) in [7, 11) is 1.42. The van der Waals surface area contributed by atoms with Crippen LogP contribution in [-0.2, 0) is 15.7 Å². The van der Waals surface area contributed by atoms with Gasteiger partial charge in [0.05, 0.1) is 25.2 Å². The van der Waals surface area contributed by atoms with Crippen LogP contribution in [-0.4, -0.2) is 37.8 Å². The van der Waals surface area contributed by atoms with E-state index in [9.17, 15) is 18.0 Å². The van der Waals surface area contributed by atoms with E-state index in [0.717, 1.165) is 36.3 Å². The quantitative estimate of drug-likeness (QED) is 0.537. The molecule has 2 heterocycles. The van der Waals surface area contributed by atoms with Crippen LogP contribution in [0.25, 0.3) is 0 Å². The van der Waals surface area contributed by atoms with Gasteiger partial charge in [0, 0.05) is 25.2 Å². The number of carbonyl (C=O) groups excluding carboxylic acids is 1. The van der Waals surface area contributed by atoms with Crippen molar-refractivity contribution in [1.29, 1.82) is 0 Å². The lowest BCUT2D eigenvalue weighted by molar-refractivity contribution is -0.145. The molecule has 4 rings (SSSR count). The van der Waals surface area contributed by atoms with E-state index in [0.29, 0.717) is 31.4 Å². The Kier molecular flexibility index (Phi) is 6.31. The van der Waals surface area contributed by atoms with Crippen molar-refractivity contribution in [2.45, 2.75) is 31.9 Å². The Hall–Kier alpha value is -2.77. The molecule has 1 aromatic heterocycles. The predicted octanol–water partition coefficient (Wildman–Crippen LogP) is 4.92. The highest BCUT2D eigenvalue weighted by atomic mass is 19.4. The van der Waals surface area contributed by atoms with E-state index in [1.165, 1.54) is 13.3 Å². The molecule has 1 aromatic carbocycles. The van der Waals surface area contributed by atoms with Gasteiger partial charge in [0.1, 0.15) is 11.6 Å². The van der Waals surface area contributed by atoms with Crippen molar-refractivity contribution in [3.8, 4) is 5.75 Å². The second kappa shape index (κ2) is 9.00. The van der Waals surface area contributed by atoms with Crippen molar-refractivity contribution >= 4 is 11.8 Å². The Morgan fingerprint density at radius 2 is 1.97 bits per heavy atom. The predicted molar refractivity (Wildman–Crippen MR) is 114 cm³/mol. The van der Waals surface area contributed by atoms with Crippen molar-refractivity contribution in [2.24, 2.45) is 17.8 Å². The van der Waals surface area contributed by atoms with Gasteiger partial charge in [-0.1, -0.05) is 19.1 Å². The number of esters is 1. The van der Waals surface area contributed by atoms with E-state index in [2.05, 4.69) is 4.98 Å². The monoisotopic (exact) mass is 448 g/mol. The van der Waals surface area contributed by atoms with Gasteiger partial charge in [0.2, 0.25) is 0 Å². The SMILES string of the molecule is COC(=O)[C@@H](C)[C@H](c1cccc(OCC2CN(c3cc(C(F)(F)F)ccn3)C2)c1)C1CC1. The Bertz CT molecular complexity index is 956. The first-order valence-corrected chi connectivity index (χ1v) is 10.8. The van der Waals surface area contributed by atoms with Crippen LogP contribution in [0.15, 0.2) is 42.6 Å². The number of hydrogen-bond donors (Lipinski definition) is 0. The molecule has 0 unspecified atom stereocenters. The third kappa shape index (κ3) is 5.00. The molecule has 2 aromatic rings. The van der Waals surface area contributed by atoms with Gasteiger partial charge in [-0.05, 0) is 54.5 Å². The zero-order chi connectivity index (χ0) is 22.9. The van der Waals surface area contributed by atoms with E-state index < -0.39 is 11.7 Å². The highest BCUT2D eigenvalue weighted by Gasteiger charge is 2.39. The molecule has 5 nitrogen and oxygen atoms in total. The first-order valence-electron chi connectivity index (χ1n) is 10.8. The summed E-state index contributed by atoms with van der Waals surface area (Å²) >= 11 is 0. The summed E-state index contributed by atoms with van der Waals surface area (Å²) in [6, 6.07) is 9.91. The number of pyridine rings is 1. The second-order valence-corrected chi connectivity index (χ2v) is 8.73. The maximum Gasteiger partial charge on any atom is 0.416 e. The van der Waals surface area contributed by atoms with Crippen LogP contribution in [0.1, 0.15) is 36.8 Å². The molecule has 0 N–H and O–H groups in total. The fraction of sp³-hybridized carbons (Fsp3) is 0.500. The summed E-state index contributed by atoms with van der Waals surface area (Å²) in [5.74, 6) is 1.46. The van der Waals surface area contributed by atoms with Crippen LogP contribution in [0.2, 0.25) is 0 Å². The first-order chi connectivity index (χ1) is 15.3. The Morgan fingerprint density at radius 3 is 2.62 bits per heavy atom. The van der Waals surface area contributed by atoms with E-state index in [1.54, 1.807) is 0 Å². The number of hydrogen-bond acceptors (Lipinski definition) is 5. The number of ether oxygens (including phenoxy) is 2. The molecule has 0 spiro atoms. The highest BCUT2D eigenvalue weighted by molar-refractivity contribution is 5.73. The van der Waals surface area contributed by atoms with E-state index >= 15 is 0 Å². The molecular formula is C24H27F3N2O3. The number of nitrogens with zero attached hydrogens (tertiary/aromatic N) is 2. The lowest BCUT2D eigenvalue weighted by Crippen LogP contribution is -2.49. The largest absolute Gasteiger partial charge is 0.493 e. The molecule has 2 fully saturated rings. The topological polar surface area (TPSA) is 51.7 Å². The number of anilines is 1. The molecule has 8 heteroatoms. The average Bonchev–Trinajstić information content (AvgIpc) is 3.57. The Balaban J connectivity index is 1.34. The van der Waals surface area contributed by atoms with Gasteiger partial charge in [0.15, 0.2) is 0 Å². The lowest BCUT2D eigenvalue weighted by atomic mass is 9.83. The van der Waals surface area contributed by atoms with Crippen molar-refractivity contribution in [3.05, 3.63) is 53.7 Å². The third-order valence-corrected chi connectivity index (χ3v) is 6.32. The standard InChI is InChI=1S/C24H27F3N2O3/c1-15(23(30)31-2)22(17-6-7-17)18-4-3-5-20(10-18)32-14-16-12-29(13-16)21-11-19(8-9-28-21)24(25,26)27/h3-5,8-11,15-17,22H,6-7,12-14H2,1-2H3/t15-,22-/m0/s1. The van der Waals surface area contributed by atoms with Gasteiger partial charge in [0.25, 0.3) is 0 Å². The molecule has 0 radical (unpaired) electrons. The lowest BCUT2D eigenvalue weighted by Gasteiger charge is -2.40. The zero-order valence-corrected chi connectivity index (χ0v) is 18.1. The second-order valence-electron chi connectivity index (χ2n) is 8.73. The summed E-state index contributed by atoms with van der Waals surface area (Å²) in [5.41, 5.74) is 0.386. The molecule has 2 aliphatic rings. The number of methoxy groups -OCH3 is 1. The molecule has 1 aliphatic carbocycles. The smallest absolute Gasteiger partial charge is 0.416 e. The molecule has 1 saturated heterocycles. The minimum Gasteiger partial charge on any atom is -0.493 e. The summed E-state index contributed by atoms with van der Waals surface area (Å²) in [6.45, 7) is 3.57. The van der Waals surface area contributed by atoms with Crippen LogP contribution in [0.4, 0.5) is 19.0 Å². The highest BCUT2D eigenvalue weighted by Crippen LogP contribution is 2.47. The summed E-state index contributed by atoms with van der Waals surface area (Å²) < 4.78 is 49.7. The minimum absolute atomic E-state index is 0.108. The van der Waals surface area contributed by atoms with Crippen LogP contribution >= 0.6 is 0 Å². The summed E-state index contributed by atoms with van der Waals surface area (Å²) in [6.07, 6.45) is -0.962. The van der Waals surface area contributed by atoms with Gasteiger partial charge in [-0.25, -0.2) is 4.98 Å². The minimum atomic E-state index is -4.38. The Labute approximate surface area is 185 Å². The van der Waals surface area contributed by atoms with Gasteiger partial charge in [-0.15, -0.1) is 0 Å². The fourth-order valence-electron chi connectivity index (χ4n) is 4.41. The molecule has 1 saturated carbocycles. The number of halogens is 3. The van der Waals surface area contributed by atoms with Crippen LogP contribution in [0.5, 0.6) is 5.75 Å². The van der Waals surface area contributed by atoms with Crippen LogP contribution in [0.3, 0.4) is 0 Å². The molecule has 2 atom stereocenters. The van der Waals surface area contributed by atoms with E-state index in [-0.39, 0.29) is 23.7 Å². The van der Waals surface area contributed by atoms with E-state index in [4.69, 9.17) is 9.47 Å². The Morgan fingerprint density at radius 1 is 1.22 bits per heavy atom. The maximum atomic E-state index is 12.9. The van der Waals surface area contributed by atoms with Crippen molar-refractivity contribution < 1.29 is 27.4 Å². The van der Waals surface area contributed by atoms with Gasteiger partial charge >= 0.3 is 12.1 Å². The van der Waals surface area contributed by atoms with Crippen molar-refractivity contribution in [2.75, 3.05) is 31.7 Å². The van der Waals surface area contributed by atoms with E-state index in [1.807, 2.05) is 36.1 Å². The van der Waals surface area contributed by atoms with Gasteiger partial charge < -0.3 is 14.4 Å². The van der Waals surface area contributed by atoms with Crippen LogP contribution in [0, 0.1) is 17.8 Å². The maximum absolute atomic E-state index is 12.9. The van der Waals surface area contributed by atoms with Crippen molar-refractivity contribution in [3.63, 3.8) is 0 Å². The average molecular weight is 448 g/mol. The number of benzene rings is 1. The number of alkyl halides is 3. The normalized spacial score (nSPS) is 18.6. The summed E-state index contributed by atoms with van der Waals surface area (Å²) in [4.78, 5) is 18.0. The first kappa shape index (κ1) is 22.4. The zero-order valence-electron chi connectivity index (χ0n) is 18.1. The van der Waals surface area contributed by atoms with Gasteiger partial charge in [-0.2, -0.15) is 13.2 Å². The molecular weight excluding hydrogens is 421 g/mol. The van der Waals surface area contributed by atoms with Crippen molar-refractivity contribution in [1.82, 2.24) is 4.98 Å². The molecule has 0 amide bonds. The van der Waals surface area contributed by atoms with Crippen LogP contribution < -0.4 is 9.64 Å². The summed E-state index contributed by atoms with van der Waals surface area (Å²) in [5, 5.41) is 0. The molecule has 1 aliphatic heterocycles. The van der Waals surface area contributed by atoms with Gasteiger partial charge in [-0.3, -0.25) is 4.79 Å². The number of rotatable bonds is 8. The molecule has 32 heavy (non-hydrogen) atoms. The fourth-order valence-corrected chi connectivity index (χ4v) is 4.41. The number of aromatic nitrogens is 1.